The van der Waals surface area contributed by atoms with E-state index in [0.717, 1.165) is 29.1 Å². The fraction of sp³-hybridized carbons (Fsp3) is 0.200. The van der Waals surface area contributed by atoms with Crippen LogP contribution >= 0.6 is 11.6 Å². The molecule has 0 aliphatic heterocycles. The van der Waals surface area contributed by atoms with Gasteiger partial charge in [0, 0.05) is 23.7 Å². The van der Waals surface area contributed by atoms with Gasteiger partial charge in [0.05, 0.1) is 4.92 Å². The van der Waals surface area contributed by atoms with Crippen LogP contribution in [0, 0.1) is 10.1 Å². The Morgan fingerprint density at radius 2 is 1.80 bits per heavy atom. The summed E-state index contributed by atoms with van der Waals surface area (Å²) >= 11 is 6.06. The van der Waals surface area contributed by atoms with E-state index in [-0.39, 0.29) is 10.6 Å². The summed E-state index contributed by atoms with van der Waals surface area (Å²) in [5.41, 5.74) is 2.26. The number of nitro benzene ring substituents is 1. The number of nitrogens with zero attached hydrogens (tertiary/aromatic N) is 1. The summed E-state index contributed by atoms with van der Waals surface area (Å²) in [5.74, 6) is 0. The molecule has 0 radical (unpaired) electrons. The third-order valence-corrected chi connectivity index (χ3v) is 3.38. The highest BCUT2D eigenvalue weighted by Crippen LogP contribution is 2.14. The summed E-state index contributed by atoms with van der Waals surface area (Å²) in [7, 11) is 0. The van der Waals surface area contributed by atoms with Crippen LogP contribution in [-0.4, -0.2) is 11.5 Å². The van der Waals surface area contributed by atoms with Crippen molar-refractivity contribution in [3.05, 3.63) is 74.8 Å². The molecule has 2 rings (SSSR count). The first kappa shape index (κ1) is 14.5. The zero-order valence-corrected chi connectivity index (χ0v) is 11.6. The highest BCUT2D eigenvalue weighted by molar-refractivity contribution is 6.31. The SMILES string of the molecule is O=[N+]([O-])c1ccc(CCNCc2ccccc2Cl)cc1. The predicted molar refractivity (Wildman–Crippen MR) is 80.0 cm³/mol. The quantitative estimate of drug-likeness (QED) is 0.502. The van der Waals surface area contributed by atoms with Crippen molar-refractivity contribution in [2.24, 2.45) is 0 Å². The molecule has 1 N–H and O–H groups in total. The Hall–Kier alpha value is -1.91. The molecule has 20 heavy (non-hydrogen) atoms. The van der Waals surface area contributed by atoms with Crippen LogP contribution in [-0.2, 0) is 13.0 Å². The molecule has 2 aromatic rings. The zero-order valence-electron chi connectivity index (χ0n) is 10.9. The Morgan fingerprint density at radius 3 is 2.45 bits per heavy atom. The van der Waals surface area contributed by atoms with Gasteiger partial charge in [0.15, 0.2) is 0 Å². The van der Waals surface area contributed by atoms with Crippen LogP contribution in [0.25, 0.3) is 0 Å². The highest BCUT2D eigenvalue weighted by Gasteiger charge is 2.03. The molecule has 0 atom stereocenters. The van der Waals surface area contributed by atoms with Crippen LogP contribution in [0.4, 0.5) is 5.69 Å². The van der Waals surface area contributed by atoms with E-state index in [1.54, 1.807) is 12.1 Å². The minimum atomic E-state index is -0.389. The summed E-state index contributed by atoms with van der Waals surface area (Å²) in [6, 6.07) is 14.4. The lowest BCUT2D eigenvalue weighted by Crippen LogP contribution is -2.16. The number of nitro groups is 1. The molecule has 0 fully saturated rings. The number of hydrogen-bond donors (Lipinski definition) is 1. The van der Waals surface area contributed by atoms with Crippen molar-refractivity contribution >= 4 is 17.3 Å². The van der Waals surface area contributed by atoms with E-state index in [4.69, 9.17) is 11.6 Å². The summed E-state index contributed by atoms with van der Waals surface area (Å²) in [5, 5.41) is 14.6. The Labute approximate surface area is 122 Å². The smallest absolute Gasteiger partial charge is 0.269 e. The number of non-ortho nitro benzene ring substituents is 1. The topological polar surface area (TPSA) is 55.2 Å². The van der Waals surface area contributed by atoms with Crippen LogP contribution in [0.3, 0.4) is 0 Å². The first-order valence-corrected chi connectivity index (χ1v) is 6.72. The Bertz CT molecular complexity index is 585. The molecule has 0 spiro atoms. The average molecular weight is 291 g/mol. The summed E-state index contributed by atoms with van der Waals surface area (Å²) < 4.78 is 0. The Balaban J connectivity index is 1.79. The third kappa shape index (κ3) is 4.05. The first-order chi connectivity index (χ1) is 9.66. The average Bonchev–Trinajstić information content (AvgIpc) is 2.46. The number of hydrogen-bond acceptors (Lipinski definition) is 3. The monoisotopic (exact) mass is 290 g/mol. The lowest BCUT2D eigenvalue weighted by atomic mass is 10.1. The van der Waals surface area contributed by atoms with Crippen molar-refractivity contribution in [1.29, 1.82) is 0 Å². The van der Waals surface area contributed by atoms with Gasteiger partial charge in [-0.2, -0.15) is 0 Å². The molecule has 2 aromatic carbocycles. The van der Waals surface area contributed by atoms with Crippen LogP contribution in [0.2, 0.25) is 5.02 Å². The van der Waals surface area contributed by atoms with Gasteiger partial charge in [-0.25, -0.2) is 0 Å². The molecule has 104 valence electrons. The first-order valence-electron chi connectivity index (χ1n) is 6.34. The van der Waals surface area contributed by atoms with Gasteiger partial charge in [0.1, 0.15) is 0 Å². The third-order valence-electron chi connectivity index (χ3n) is 3.01. The standard InChI is InChI=1S/C15H15ClN2O2/c16-15-4-2-1-3-13(15)11-17-10-9-12-5-7-14(8-6-12)18(19)20/h1-8,17H,9-11H2. The second kappa shape index (κ2) is 7.03. The minimum Gasteiger partial charge on any atom is -0.312 e. The van der Waals surface area contributed by atoms with Gasteiger partial charge in [-0.3, -0.25) is 10.1 Å². The molecular weight excluding hydrogens is 276 g/mol. The van der Waals surface area contributed by atoms with Crippen molar-refractivity contribution < 1.29 is 4.92 Å². The van der Waals surface area contributed by atoms with E-state index in [1.165, 1.54) is 12.1 Å². The Kier molecular flexibility index (Phi) is 5.09. The summed E-state index contributed by atoms with van der Waals surface area (Å²) in [4.78, 5) is 10.2. The van der Waals surface area contributed by atoms with Crippen LogP contribution in [0.1, 0.15) is 11.1 Å². The summed E-state index contributed by atoms with van der Waals surface area (Å²) in [6.07, 6.45) is 0.822. The normalized spacial score (nSPS) is 10.4. The van der Waals surface area contributed by atoms with Gasteiger partial charge in [-0.05, 0) is 30.2 Å². The molecule has 0 bridgehead atoms. The van der Waals surface area contributed by atoms with Crippen LogP contribution in [0.15, 0.2) is 48.5 Å². The molecular formula is C15H15ClN2O2. The number of nitrogens with one attached hydrogen (secondary N) is 1. The van der Waals surface area contributed by atoms with E-state index in [1.807, 2.05) is 24.3 Å². The molecule has 0 amide bonds. The maximum Gasteiger partial charge on any atom is 0.269 e. The maximum atomic E-state index is 10.5. The second-order valence-corrected chi connectivity index (χ2v) is 4.85. The molecule has 0 aliphatic rings. The number of benzene rings is 2. The van der Waals surface area contributed by atoms with Gasteiger partial charge in [-0.1, -0.05) is 41.9 Å². The number of rotatable bonds is 6. The van der Waals surface area contributed by atoms with Crippen molar-refractivity contribution in [3.8, 4) is 0 Å². The van der Waals surface area contributed by atoms with E-state index in [0.29, 0.717) is 6.54 Å². The van der Waals surface area contributed by atoms with Gasteiger partial charge in [0.2, 0.25) is 0 Å². The van der Waals surface area contributed by atoms with E-state index in [2.05, 4.69) is 5.32 Å². The molecule has 0 saturated carbocycles. The molecule has 0 aliphatic carbocycles. The molecule has 0 heterocycles. The molecule has 0 saturated heterocycles. The van der Waals surface area contributed by atoms with Gasteiger partial charge >= 0.3 is 0 Å². The van der Waals surface area contributed by atoms with Gasteiger partial charge < -0.3 is 5.32 Å². The predicted octanol–water partition coefficient (Wildman–Crippen LogP) is 3.58. The molecule has 5 heteroatoms. The van der Waals surface area contributed by atoms with E-state index < -0.39 is 0 Å². The summed E-state index contributed by atoms with van der Waals surface area (Å²) in [6.45, 7) is 1.51. The van der Waals surface area contributed by atoms with Gasteiger partial charge in [0.25, 0.3) is 5.69 Å². The fourth-order valence-corrected chi connectivity index (χ4v) is 2.08. The van der Waals surface area contributed by atoms with E-state index >= 15 is 0 Å². The molecule has 0 aromatic heterocycles. The lowest BCUT2D eigenvalue weighted by Gasteiger charge is -2.06. The zero-order chi connectivity index (χ0) is 14.4. The Morgan fingerprint density at radius 1 is 1.10 bits per heavy atom. The van der Waals surface area contributed by atoms with Crippen molar-refractivity contribution in [1.82, 2.24) is 5.32 Å². The van der Waals surface area contributed by atoms with Crippen molar-refractivity contribution in [2.75, 3.05) is 6.54 Å². The van der Waals surface area contributed by atoms with Crippen molar-refractivity contribution in [3.63, 3.8) is 0 Å². The second-order valence-electron chi connectivity index (χ2n) is 4.44. The number of halogens is 1. The minimum absolute atomic E-state index is 0.123. The van der Waals surface area contributed by atoms with Crippen molar-refractivity contribution in [2.45, 2.75) is 13.0 Å². The van der Waals surface area contributed by atoms with E-state index in [9.17, 15) is 10.1 Å². The maximum absolute atomic E-state index is 10.5. The largest absolute Gasteiger partial charge is 0.312 e. The van der Waals surface area contributed by atoms with Crippen LogP contribution in [0.5, 0.6) is 0 Å². The van der Waals surface area contributed by atoms with Gasteiger partial charge in [-0.15, -0.1) is 0 Å². The molecule has 4 nitrogen and oxygen atoms in total. The highest BCUT2D eigenvalue weighted by atomic mass is 35.5. The molecule has 0 unspecified atom stereocenters. The fourth-order valence-electron chi connectivity index (χ4n) is 1.88. The van der Waals surface area contributed by atoms with Crippen LogP contribution < -0.4 is 5.32 Å². The lowest BCUT2D eigenvalue weighted by molar-refractivity contribution is -0.384.